The molecule has 0 aliphatic rings. The van der Waals surface area contributed by atoms with Crippen LogP contribution in [0.1, 0.15) is 39.2 Å². The van der Waals surface area contributed by atoms with Crippen molar-refractivity contribution in [3.8, 4) is 0 Å². The third kappa shape index (κ3) is 2.80. The molecule has 0 fully saturated rings. The number of hydrogen-bond donors (Lipinski definition) is 1. The summed E-state index contributed by atoms with van der Waals surface area (Å²) in [6.07, 6.45) is 0. The molecule has 0 aliphatic heterocycles. The van der Waals surface area contributed by atoms with Crippen LogP contribution in [0.5, 0.6) is 0 Å². The van der Waals surface area contributed by atoms with Crippen molar-refractivity contribution in [3.63, 3.8) is 0 Å². The van der Waals surface area contributed by atoms with Gasteiger partial charge in [-0.25, -0.2) is 5.90 Å². The minimum absolute atomic E-state index is 0.309. The van der Waals surface area contributed by atoms with E-state index in [9.17, 15) is 0 Å². The van der Waals surface area contributed by atoms with Gasteiger partial charge in [-0.2, -0.15) is 0 Å². The molecule has 0 spiro atoms. The molecule has 0 heterocycles. The number of rotatable bonds is 4. The van der Waals surface area contributed by atoms with Gasteiger partial charge in [-0.15, -0.1) is 0 Å². The summed E-state index contributed by atoms with van der Waals surface area (Å²) < 4.78 is 0. The summed E-state index contributed by atoms with van der Waals surface area (Å²) in [5.74, 6) is 6.18. The largest absolute Gasteiger partial charge is 0.298 e. The van der Waals surface area contributed by atoms with E-state index in [-0.39, 0.29) is 5.60 Å². The Kier molecular flexibility index (Phi) is 3.89. The summed E-state index contributed by atoms with van der Waals surface area (Å²) >= 11 is 0. The van der Waals surface area contributed by atoms with Gasteiger partial charge in [0.15, 0.2) is 0 Å². The first-order valence-electron chi connectivity index (χ1n) is 5.42. The van der Waals surface area contributed by atoms with Crippen LogP contribution < -0.4 is 5.90 Å². The monoisotopic (exact) mass is 207 g/mol. The van der Waals surface area contributed by atoms with Crippen LogP contribution in [0.25, 0.3) is 0 Å². The van der Waals surface area contributed by atoms with Crippen LogP contribution in [0.4, 0.5) is 0 Å². The van der Waals surface area contributed by atoms with Crippen molar-refractivity contribution in [2.24, 2.45) is 11.8 Å². The molecule has 2 heteroatoms. The molecule has 0 aliphatic carbocycles. The molecule has 15 heavy (non-hydrogen) atoms. The molecule has 1 aromatic rings. The van der Waals surface area contributed by atoms with Crippen molar-refractivity contribution >= 4 is 0 Å². The lowest BCUT2D eigenvalue weighted by Gasteiger charge is -2.35. The average Bonchev–Trinajstić information content (AvgIpc) is 2.18. The zero-order chi connectivity index (χ0) is 11.5. The Morgan fingerprint density at radius 2 is 1.67 bits per heavy atom. The molecule has 2 nitrogen and oxygen atoms in total. The second-order valence-electron chi connectivity index (χ2n) is 4.85. The van der Waals surface area contributed by atoms with Crippen molar-refractivity contribution in [2.75, 3.05) is 0 Å². The minimum atomic E-state index is -0.338. The molecule has 0 amide bonds. The maximum Gasteiger partial charge on any atom is 0.0908 e. The van der Waals surface area contributed by atoms with Gasteiger partial charge in [0.25, 0.3) is 0 Å². The van der Waals surface area contributed by atoms with Gasteiger partial charge < -0.3 is 0 Å². The highest BCUT2D eigenvalue weighted by atomic mass is 16.6. The number of benzene rings is 1. The average molecular weight is 207 g/mol. The molecule has 0 saturated heterocycles. The highest BCUT2D eigenvalue weighted by molar-refractivity contribution is 5.23. The lowest BCUT2D eigenvalue weighted by molar-refractivity contribution is -0.0502. The molecule has 2 N–H and O–H groups in total. The first-order chi connectivity index (χ1) is 6.99. The van der Waals surface area contributed by atoms with E-state index < -0.39 is 0 Å². The zero-order valence-electron chi connectivity index (χ0n) is 10.0. The lowest BCUT2D eigenvalue weighted by Crippen LogP contribution is -2.38. The molecule has 84 valence electrons. The maximum atomic E-state index is 5.38. The summed E-state index contributed by atoms with van der Waals surface area (Å²) in [7, 11) is 0. The Morgan fingerprint density at radius 3 is 2.07 bits per heavy atom. The van der Waals surface area contributed by atoms with Crippen molar-refractivity contribution in [2.45, 2.75) is 39.2 Å². The first-order valence-corrected chi connectivity index (χ1v) is 5.42. The Labute approximate surface area is 92.4 Å². The molecular formula is C13H21NO. The van der Waals surface area contributed by atoms with E-state index in [0.717, 1.165) is 0 Å². The SMILES string of the molecule is CC(C)C(c1ccccc1)C(C)(C)ON. The van der Waals surface area contributed by atoms with E-state index in [0.29, 0.717) is 11.8 Å². The quantitative estimate of drug-likeness (QED) is 0.770. The van der Waals surface area contributed by atoms with Crippen LogP contribution in [-0.2, 0) is 4.84 Å². The maximum absolute atomic E-state index is 5.38. The third-order valence-electron chi connectivity index (χ3n) is 2.88. The standard InChI is InChI=1S/C13H21NO/c1-10(2)12(13(3,4)15-14)11-8-6-5-7-9-11/h5-10,12H,14H2,1-4H3. The zero-order valence-corrected chi connectivity index (χ0v) is 10.0. The molecule has 0 bridgehead atoms. The summed E-state index contributed by atoms with van der Waals surface area (Å²) in [5, 5.41) is 0. The Bertz CT molecular complexity index is 293. The van der Waals surface area contributed by atoms with Crippen molar-refractivity contribution in [1.82, 2.24) is 0 Å². The van der Waals surface area contributed by atoms with Crippen LogP contribution in [0.15, 0.2) is 30.3 Å². The number of hydrogen-bond acceptors (Lipinski definition) is 2. The normalized spacial score (nSPS) is 14.3. The fourth-order valence-corrected chi connectivity index (χ4v) is 2.32. The molecule has 0 aromatic heterocycles. The van der Waals surface area contributed by atoms with Gasteiger partial charge in [0.2, 0.25) is 0 Å². The van der Waals surface area contributed by atoms with Crippen molar-refractivity contribution in [1.29, 1.82) is 0 Å². The van der Waals surface area contributed by atoms with Crippen LogP contribution in [-0.4, -0.2) is 5.60 Å². The second kappa shape index (κ2) is 4.77. The Morgan fingerprint density at radius 1 is 1.13 bits per heavy atom. The lowest BCUT2D eigenvalue weighted by atomic mass is 9.77. The molecule has 0 radical (unpaired) electrons. The van der Waals surface area contributed by atoms with Crippen LogP contribution in [0.2, 0.25) is 0 Å². The van der Waals surface area contributed by atoms with Gasteiger partial charge in [-0.3, -0.25) is 4.84 Å². The molecule has 0 saturated carbocycles. The van der Waals surface area contributed by atoms with Gasteiger partial charge in [-0.05, 0) is 25.3 Å². The van der Waals surface area contributed by atoms with Gasteiger partial charge in [0.1, 0.15) is 0 Å². The van der Waals surface area contributed by atoms with Gasteiger partial charge in [0.05, 0.1) is 5.60 Å². The van der Waals surface area contributed by atoms with E-state index in [1.165, 1.54) is 5.56 Å². The van der Waals surface area contributed by atoms with Gasteiger partial charge in [0, 0.05) is 5.92 Å². The Balaban J connectivity index is 3.04. The topological polar surface area (TPSA) is 35.2 Å². The molecule has 1 aromatic carbocycles. The summed E-state index contributed by atoms with van der Waals surface area (Å²) in [4.78, 5) is 5.12. The minimum Gasteiger partial charge on any atom is -0.298 e. The predicted octanol–water partition coefficient (Wildman–Crippen LogP) is 3.10. The van der Waals surface area contributed by atoms with E-state index in [2.05, 4.69) is 38.1 Å². The fraction of sp³-hybridized carbons (Fsp3) is 0.538. The van der Waals surface area contributed by atoms with Crippen LogP contribution in [0.3, 0.4) is 0 Å². The van der Waals surface area contributed by atoms with E-state index in [1.54, 1.807) is 0 Å². The second-order valence-corrected chi connectivity index (χ2v) is 4.85. The first kappa shape index (κ1) is 12.2. The van der Waals surface area contributed by atoms with E-state index in [4.69, 9.17) is 10.7 Å². The summed E-state index contributed by atoms with van der Waals surface area (Å²) in [5.41, 5.74) is 0.943. The van der Waals surface area contributed by atoms with Crippen LogP contribution in [0, 0.1) is 5.92 Å². The predicted molar refractivity (Wildman–Crippen MR) is 63.4 cm³/mol. The highest BCUT2D eigenvalue weighted by Crippen LogP contribution is 2.36. The van der Waals surface area contributed by atoms with Gasteiger partial charge >= 0.3 is 0 Å². The molecular weight excluding hydrogens is 186 g/mol. The van der Waals surface area contributed by atoms with E-state index in [1.807, 2.05) is 19.9 Å². The van der Waals surface area contributed by atoms with Crippen LogP contribution >= 0.6 is 0 Å². The fourth-order valence-electron chi connectivity index (χ4n) is 2.32. The van der Waals surface area contributed by atoms with Crippen molar-refractivity contribution < 1.29 is 4.84 Å². The smallest absolute Gasteiger partial charge is 0.0908 e. The van der Waals surface area contributed by atoms with Gasteiger partial charge in [-0.1, -0.05) is 44.2 Å². The molecule has 1 rings (SSSR count). The van der Waals surface area contributed by atoms with Crippen molar-refractivity contribution in [3.05, 3.63) is 35.9 Å². The molecule has 1 unspecified atom stereocenters. The van der Waals surface area contributed by atoms with E-state index >= 15 is 0 Å². The summed E-state index contributed by atoms with van der Waals surface area (Å²) in [6, 6.07) is 10.4. The Hall–Kier alpha value is -0.860. The summed E-state index contributed by atoms with van der Waals surface area (Å²) in [6.45, 7) is 8.45. The molecule has 1 atom stereocenters. The number of nitrogens with two attached hydrogens (primary N) is 1. The highest BCUT2D eigenvalue weighted by Gasteiger charge is 2.33. The third-order valence-corrected chi connectivity index (χ3v) is 2.88.